The number of rotatable bonds is 6. The molecule has 1 atom stereocenters. The maximum absolute atomic E-state index is 9.22. The van der Waals surface area contributed by atoms with Crippen molar-refractivity contribution < 1.29 is 9.84 Å². The lowest BCUT2D eigenvalue weighted by atomic mass is 10.0. The van der Waals surface area contributed by atoms with E-state index >= 15 is 0 Å². The predicted molar refractivity (Wildman–Crippen MR) is 64.2 cm³/mol. The molecule has 1 radical (unpaired) electrons. The van der Waals surface area contributed by atoms with Crippen molar-refractivity contribution in [3.8, 4) is 0 Å². The summed E-state index contributed by atoms with van der Waals surface area (Å²) < 4.78 is 5.74. The summed E-state index contributed by atoms with van der Waals surface area (Å²) in [5, 5.41) is 9.22. The summed E-state index contributed by atoms with van der Waals surface area (Å²) >= 11 is 0. The van der Waals surface area contributed by atoms with Gasteiger partial charge in [0.15, 0.2) is 0 Å². The molecular formula is C11H25O2Si. The van der Waals surface area contributed by atoms with Crippen molar-refractivity contribution in [2.45, 2.75) is 58.2 Å². The lowest BCUT2D eigenvalue weighted by Gasteiger charge is -2.28. The third kappa shape index (κ3) is 8.72. The van der Waals surface area contributed by atoms with Crippen LogP contribution in [0.3, 0.4) is 0 Å². The van der Waals surface area contributed by atoms with Crippen LogP contribution >= 0.6 is 0 Å². The lowest BCUT2D eigenvalue weighted by Crippen LogP contribution is -2.32. The minimum Gasteiger partial charge on any atom is -0.393 e. The average Bonchev–Trinajstić information content (AvgIpc) is 1.78. The summed E-state index contributed by atoms with van der Waals surface area (Å²) in [6.07, 6.45) is 1.42. The zero-order chi connectivity index (χ0) is 11.4. The van der Waals surface area contributed by atoms with E-state index in [-0.39, 0.29) is 5.60 Å². The van der Waals surface area contributed by atoms with Gasteiger partial charge in [0, 0.05) is 21.1 Å². The standard InChI is InChI=1S/C11H25O2Si/c1-10(12)9-11(2,3)13-7-8-14(4,5)6/h9-10,12H,7-8H2,1-6H3/t10-/m0/s1. The third-order valence-corrected chi connectivity index (χ3v) is 3.67. The van der Waals surface area contributed by atoms with E-state index < -0.39 is 14.2 Å². The Morgan fingerprint density at radius 2 is 1.86 bits per heavy atom. The van der Waals surface area contributed by atoms with Crippen LogP contribution in [0.25, 0.3) is 0 Å². The summed E-state index contributed by atoms with van der Waals surface area (Å²) in [5.74, 6) is 0. The molecule has 0 aromatic rings. The van der Waals surface area contributed by atoms with Crippen LogP contribution in [0.2, 0.25) is 25.7 Å². The van der Waals surface area contributed by atoms with Gasteiger partial charge in [-0.1, -0.05) is 19.6 Å². The molecule has 0 spiro atoms. The van der Waals surface area contributed by atoms with Crippen molar-refractivity contribution in [2.75, 3.05) is 6.61 Å². The van der Waals surface area contributed by atoms with Gasteiger partial charge in [0.25, 0.3) is 0 Å². The van der Waals surface area contributed by atoms with Crippen LogP contribution in [-0.4, -0.2) is 31.5 Å². The molecule has 0 rings (SSSR count). The minimum absolute atomic E-state index is 0.312. The summed E-state index contributed by atoms with van der Waals surface area (Å²) in [7, 11) is -0.998. The molecule has 0 heterocycles. The number of hydrogen-bond acceptors (Lipinski definition) is 2. The van der Waals surface area contributed by atoms with Gasteiger partial charge in [-0.3, -0.25) is 0 Å². The molecule has 1 N–H and O–H groups in total. The van der Waals surface area contributed by atoms with Gasteiger partial charge < -0.3 is 9.84 Å². The topological polar surface area (TPSA) is 29.5 Å². The molecular weight excluding hydrogens is 192 g/mol. The van der Waals surface area contributed by atoms with Gasteiger partial charge in [0.1, 0.15) is 0 Å². The van der Waals surface area contributed by atoms with Crippen molar-refractivity contribution in [3.05, 3.63) is 6.42 Å². The van der Waals surface area contributed by atoms with Crippen molar-refractivity contribution in [2.24, 2.45) is 0 Å². The Bertz CT molecular complexity index is 159. The monoisotopic (exact) mass is 217 g/mol. The van der Waals surface area contributed by atoms with E-state index in [4.69, 9.17) is 4.74 Å². The normalized spacial score (nSPS) is 15.6. The Morgan fingerprint density at radius 1 is 1.36 bits per heavy atom. The number of aliphatic hydroxyl groups excluding tert-OH is 1. The molecule has 0 saturated carbocycles. The SMILES string of the molecule is C[C@H](O)[CH]C(C)(C)OCC[Si](C)(C)C. The fraction of sp³-hybridized carbons (Fsp3) is 0.909. The van der Waals surface area contributed by atoms with Crippen LogP contribution in [0.1, 0.15) is 20.8 Å². The summed E-state index contributed by atoms with van der Waals surface area (Å²) in [5.41, 5.74) is -0.312. The van der Waals surface area contributed by atoms with Crippen LogP contribution in [0.5, 0.6) is 0 Å². The first-order chi connectivity index (χ1) is 6.12. The summed E-state index contributed by atoms with van der Waals surface area (Å²) in [4.78, 5) is 0. The number of aliphatic hydroxyl groups is 1. The molecule has 0 bridgehead atoms. The third-order valence-electron chi connectivity index (χ3n) is 1.97. The van der Waals surface area contributed by atoms with Gasteiger partial charge >= 0.3 is 0 Å². The first-order valence-electron chi connectivity index (χ1n) is 5.30. The molecule has 0 saturated heterocycles. The zero-order valence-electron chi connectivity index (χ0n) is 10.4. The van der Waals surface area contributed by atoms with Crippen LogP contribution in [0.15, 0.2) is 0 Å². The van der Waals surface area contributed by atoms with E-state index in [0.29, 0.717) is 0 Å². The van der Waals surface area contributed by atoms with E-state index in [1.54, 1.807) is 6.92 Å². The molecule has 0 aliphatic heterocycles. The first kappa shape index (κ1) is 14.1. The molecule has 0 aromatic heterocycles. The molecule has 2 nitrogen and oxygen atoms in total. The van der Waals surface area contributed by atoms with Crippen molar-refractivity contribution in [1.82, 2.24) is 0 Å². The van der Waals surface area contributed by atoms with E-state index in [0.717, 1.165) is 6.61 Å². The Morgan fingerprint density at radius 3 is 2.21 bits per heavy atom. The Kier molecular flexibility index (Phi) is 5.34. The molecule has 0 unspecified atom stereocenters. The number of ether oxygens (including phenoxy) is 1. The second-order valence-corrected chi connectivity index (χ2v) is 11.3. The van der Waals surface area contributed by atoms with Gasteiger partial charge in [-0.05, 0) is 26.8 Å². The zero-order valence-corrected chi connectivity index (χ0v) is 11.4. The van der Waals surface area contributed by atoms with E-state index in [2.05, 4.69) is 19.6 Å². The molecule has 0 aromatic carbocycles. The van der Waals surface area contributed by atoms with E-state index in [1.807, 2.05) is 20.3 Å². The highest BCUT2D eigenvalue weighted by Gasteiger charge is 2.22. The smallest absolute Gasteiger partial charge is 0.0683 e. The van der Waals surface area contributed by atoms with E-state index in [9.17, 15) is 5.11 Å². The van der Waals surface area contributed by atoms with Crippen LogP contribution in [0, 0.1) is 6.42 Å². The van der Waals surface area contributed by atoms with Crippen LogP contribution < -0.4 is 0 Å². The highest BCUT2D eigenvalue weighted by Crippen LogP contribution is 2.18. The molecule has 0 fully saturated rings. The first-order valence-corrected chi connectivity index (χ1v) is 9.01. The van der Waals surface area contributed by atoms with Gasteiger partial charge in [-0.2, -0.15) is 0 Å². The van der Waals surface area contributed by atoms with Gasteiger partial charge in [-0.15, -0.1) is 0 Å². The molecule has 14 heavy (non-hydrogen) atoms. The van der Waals surface area contributed by atoms with Crippen LogP contribution in [0.4, 0.5) is 0 Å². The second kappa shape index (κ2) is 5.28. The highest BCUT2D eigenvalue weighted by atomic mass is 28.3. The van der Waals surface area contributed by atoms with Crippen molar-refractivity contribution in [1.29, 1.82) is 0 Å². The van der Waals surface area contributed by atoms with Crippen molar-refractivity contribution in [3.63, 3.8) is 0 Å². The largest absolute Gasteiger partial charge is 0.393 e. The molecule has 0 aliphatic carbocycles. The average molecular weight is 217 g/mol. The molecule has 3 heteroatoms. The fourth-order valence-electron chi connectivity index (χ4n) is 1.25. The Labute approximate surface area is 89.7 Å². The highest BCUT2D eigenvalue weighted by molar-refractivity contribution is 6.76. The van der Waals surface area contributed by atoms with Crippen molar-refractivity contribution >= 4 is 8.07 Å². The van der Waals surface area contributed by atoms with Gasteiger partial charge in [-0.25, -0.2) is 0 Å². The number of hydrogen-bond donors (Lipinski definition) is 1. The summed E-state index contributed by atoms with van der Waals surface area (Å²) in [6, 6.07) is 1.17. The predicted octanol–water partition coefficient (Wildman–Crippen LogP) is 2.70. The Hall–Kier alpha value is 0.137. The van der Waals surface area contributed by atoms with Gasteiger partial charge in [0.05, 0.1) is 11.7 Å². The molecule has 0 aliphatic rings. The van der Waals surface area contributed by atoms with E-state index in [1.165, 1.54) is 6.04 Å². The second-order valence-electron chi connectivity index (χ2n) is 5.67. The molecule has 85 valence electrons. The molecule has 0 amide bonds. The maximum atomic E-state index is 9.22. The Balaban J connectivity index is 3.76. The maximum Gasteiger partial charge on any atom is 0.0683 e. The minimum atomic E-state index is -0.998. The lowest BCUT2D eigenvalue weighted by molar-refractivity contribution is -0.000878. The fourth-order valence-corrected chi connectivity index (χ4v) is 1.96. The van der Waals surface area contributed by atoms with Gasteiger partial charge in [0.2, 0.25) is 0 Å². The van der Waals surface area contributed by atoms with Crippen LogP contribution in [-0.2, 0) is 4.74 Å². The quantitative estimate of drug-likeness (QED) is 0.693. The summed E-state index contributed by atoms with van der Waals surface area (Å²) in [6.45, 7) is 13.5.